The van der Waals surface area contributed by atoms with Crippen molar-refractivity contribution in [2.75, 3.05) is 0 Å². The molecule has 0 nitrogen and oxygen atoms in total. The molecule has 0 heterocycles. The molecular formula is C48H24. The molecule has 12 rings (SSSR count). The van der Waals surface area contributed by atoms with Crippen LogP contribution in [0.25, 0.3) is 129 Å². The van der Waals surface area contributed by atoms with Gasteiger partial charge in [0.2, 0.25) is 0 Å². The van der Waals surface area contributed by atoms with E-state index in [2.05, 4.69) is 146 Å². The lowest BCUT2D eigenvalue weighted by atomic mass is 9.89. The van der Waals surface area contributed by atoms with Crippen molar-refractivity contribution in [3.8, 4) is 0 Å². The van der Waals surface area contributed by atoms with Gasteiger partial charge < -0.3 is 0 Å². The Hall–Kier alpha value is -6.24. The quantitative estimate of drug-likeness (QED) is 0.120. The molecule has 0 aromatic heterocycles. The molecule has 0 spiro atoms. The minimum atomic E-state index is 1.29. The second kappa shape index (κ2) is 8.00. The van der Waals surface area contributed by atoms with Crippen LogP contribution in [-0.4, -0.2) is 0 Å². The molecule has 0 N–H and O–H groups in total. The standard InChI is InChI=1S/C48H24/c1-2-26-14-40-28-5-6-31-20-44-32(19-42(31)40)9-10-34-24-48-36(23-46(34)44)12-11-35-21-45-33(22-47(35)48)8-7-30-17-41-29(18-43(30)45)4-3-27-15-37(39(26)16-28)25(1)13-38(27)41/h1-24H. The van der Waals surface area contributed by atoms with Crippen molar-refractivity contribution in [1.82, 2.24) is 0 Å². The van der Waals surface area contributed by atoms with E-state index >= 15 is 0 Å². The Kier molecular flexibility index (Phi) is 4.00. The normalized spacial score (nSPS) is 13.0. The average molecular weight is 601 g/mol. The minimum absolute atomic E-state index is 1.29. The fourth-order valence-corrected chi connectivity index (χ4v) is 9.33. The molecule has 0 aliphatic heterocycles. The van der Waals surface area contributed by atoms with Crippen LogP contribution in [-0.2, 0) is 0 Å². The van der Waals surface area contributed by atoms with Crippen molar-refractivity contribution in [3.05, 3.63) is 146 Å². The summed E-state index contributed by atoms with van der Waals surface area (Å²) in [6.45, 7) is 0. The maximum absolute atomic E-state index is 2.42. The predicted molar refractivity (Wildman–Crippen MR) is 210 cm³/mol. The van der Waals surface area contributed by atoms with Crippen molar-refractivity contribution in [3.63, 3.8) is 0 Å². The van der Waals surface area contributed by atoms with E-state index in [1.54, 1.807) is 0 Å². The summed E-state index contributed by atoms with van der Waals surface area (Å²) in [5, 5.41) is 31.2. The molecule has 48 heavy (non-hydrogen) atoms. The van der Waals surface area contributed by atoms with Crippen LogP contribution >= 0.6 is 0 Å². The summed E-state index contributed by atoms with van der Waals surface area (Å²) in [6.07, 6.45) is 0. The highest BCUT2D eigenvalue weighted by Gasteiger charge is 2.14. The van der Waals surface area contributed by atoms with Crippen LogP contribution in [0.1, 0.15) is 0 Å². The molecule has 0 saturated carbocycles. The topological polar surface area (TPSA) is 0 Å². The van der Waals surface area contributed by atoms with E-state index in [0.29, 0.717) is 0 Å². The van der Waals surface area contributed by atoms with Gasteiger partial charge >= 0.3 is 0 Å². The summed E-state index contributed by atoms with van der Waals surface area (Å²) in [6, 6.07) is 56.8. The summed E-state index contributed by atoms with van der Waals surface area (Å²) in [4.78, 5) is 0. The van der Waals surface area contributed by atoms with Gasteiger partial charge in [-0.05, 0) is 202 Å². The number of hydrogen-bond donors (Lipinski definition) is 0. The van der Waals surface area contributed by atoms with E-state index in [1.807, 2.05) is 0 Å². The Bertz CT molecular complexity index is 2700. The Labute approximate surface area is 274 Å². The van der Waals surface area contributed by atoms with Gasteiger partial charge in [-0.1, -0.05) is 72.8 Å². The summed E-state index contributed by atoms with van der Waals surface area (Å²) in [5.41, 5.74) is 0. The molecule has 0 bridgehead atoms. The van der Waals surface area contributed by atoms with Crippen LogP contribution in [0.4, 0.5) is 0 Å². The van der Waals surface area contributed by atoms with Crippen LogP contribution < -0.4 is 0 Å². The first kappa shape index (κ1) is 24.0. The molecule has 216 valence electrons. The van der Waals surface area contributed by atoms with Crippen LogP contribution in [0.2, 0.25) is 0 Å². The monoisotopic (exact) mass is 600 g/mol. The zero-order valence-corrected chi connectivity index (χ0v) is 25.9. The summed E-state index contributed by atoms with van der Waals surface area (Å²) in [7, 11) is 0. The molecule has 0 aliphatic rings. The van der Waals surface area contributed by atoms with Gasteiger partial charge in [0.1, 0.15) is 0 Å². The first-order valence-electron chi connectivity index (χ1n) is 16.9. The molecule has 0 saturated heterocycles. The molecule has 0 atom stereocenters. The van der Waals surface area contributed by atoms with Crippen LogP contribution in [0, 0.1) is 0 Å². The highest BCUT2D eigenvalue weighted by molar-refractivity contribution is 6.26. The van der Waals surface area contributed by atoms with E-state index in [0.717, 1.165) is 0 Å². The zero-order chi connectivity index (χ0) is 30.8. The van der Waals surface area contributed by atoms with Gasteiger partial charge in [-0.25, -0.2) is 0 Å². The van der Waals surface area contributed by atoms with Gasteiger partial charge in [0, 0.05) is 0 Å². The third kappa shape index (κ3) is 2.89. The van der Waals surface area contributed by atoms with Crippen LogP contribution in [0.3, 0.4) is 0 Å². The third-order valence-corrected chi connectivity index (χ3v) is 11.7. The van der Waals surface area contributed by atoms with Gasteiger partial charge in [0.25, 0.3) is 0 Å². The largest absolute Gasteiger partial charge is 0.0537 e. The lowest BCUT2D eigenvalue weighted by Crippen LogP contribution is -1.87. The van der Waals surface area contributed by atoms with Crippen molar-refractivity contribution in [1.29, 1.82) is 0 Å². The van der Waals surface area contributed by atoms with E-state index in [9.17, 15) is 0 Å². The molecule has 0 fully saturated rings. The Balaban J connectivity index is 1.30. The number of hydrogen-bond acceptors (Lipinski definition) is 0. The van der Waals surface area contributed by atoms with Crippen molar-refractivity contribution in [2.24, 2.45) is 0 Å². The fourth-order valence-electron chi connectivity index (χ4n) is 9.33. The SMILES string of the molecule is c1cc2cc3c4ccc5cc6c(ccc7cc8c(ccc9cc%10c(ccc%11cc%12c(ccc%13cc(c1cc%13%12)c2c4)cc%11%10)cc98)cc76)cc53. The van der Waals surface area contributed by atoms with Gasteiger partial charge in [-0.15, -0.1) is 0 Å². The predicted octanol–water partition coefficient (Wildman–Crippen LogP) is 13.8. The highest BCUT2D eigenvalue weighted by Crippen LogP contribution is 2.42. The van der Waals surface area contributed by atoms with E-state index < -0.39 is 0 Å². The molecule has 0 aliphatic carbocycles. The van der Waals surface area contributed by atoms with Crippen molar-refractivity contribution >= 4 is 129 Å². The molecule has 0 radical (unpaired) electrons. The number of fused-ring (bicyclic) bond motifs is 18. The first-order valence-corrected chi connectivity index (χ1v) is 16.9. The maximum Gasteiger partial charge on any atom is -0.00988 e. The Morgan fingerprint density at radius 3 is 0.292 bits per heavy atom. The van der Waals surface area contributed by atoms with Crippen LogP contribution in [0.15, 0.2) is 146 Å². The van der Waals surface area contributed by atoms with Crippen molar-refractivity contribution in [2.45, 2.75) is 0 Å². The smallest absolute Gasteiger partial charge is 0.00988 e. The van der Waals surface area contributed by atoms with E-state index in [-0.39, 0.29) is 0 Å². The second-order valence-corrected chi connectivity index (χ2v) is 14.2. The van der Waals surface area contributed by atoms with Gasteiger partial charge in [-0.3, -0.25) is 0 Å². The Morgan fingerprint density at radius 2 is 0.208 bits per heavy atom. The second-order valence-electron chi connectivity index (χ2n) is 14.2. The molecule has 0 unspecified atom stereocenters. The zero-order valence-electron chi connectivity index (χ0n) is 25.9. The maximum atomic E-state index is 2.42. The molecule has 0 amide bonds. The number of rotatable bonds is 0. The summed E-state index contributed by atoms with van der Waals surface area (Å²) >= 11 is 0. The van der Waals surface area contributed by atoms with Crippen molar-refractivity contribution < 1.29 is 0 Å². The van der Waals surface area contributed by atoms with Gasteiger partial charge in [-0.2, -0.15) is 0 Å². The third-order valence-electron chi connectivity index (χ3n) is 11.7. The number of benzene rings is 12. The summed E-state index contributed by atoms with van der Waals surface area (Å²) in [5.74, 6) is 0. The fraction of sp³-hybridized carbons (Fsp3) is 0. The molecular weight excluding hydrogens is 577 g/mol. The van der Waals surface area contributed by atoms with Crippen LogP contribution in [0.5, 0.6) is 0 Å². The summed E-state index contributed by atoms with van der Waals surface area (Å²) < 4.78 is 0. The molecule has 12 aromatic carbocycles. The first-order chi connectivity index (χ1) is 23.7. The lowest BCUT2D eigenvalue weighted by Gasteiger charge is -2.14. The van der Waals surface area contributed by atoms with Gasteiger partial charge in [0.15, 0.2) is 0 Å². The Morgan fingerprint density at radius 1 is 0.125 bits per heavy atom. The average Bonchev–Trinajstić information content (AvgIpc) is 3.13. The van der Waals surface area contributed by atoms with E-state index in [1.165, 1.54) is 129 Å². The van der Waals surface area contributed by atoms with Gasteiger partial charge in [0.05, 0.1) is 0 Å². The lowest BCUT2D eigenvalue weighted by molar-refractivity contribution is 1.80. The van der Waals surface area contributed by atoms with E-state index in [4.69, 9.17) is 0 Å². The minimum Gasteiger partial charge on any atom is -0.0537 e. The molecule has 0 heteroatoms. The highest BCUT2D eigenvalue weighted by atomic mass is 14.2. The molecule has 12 aromatic rings.